The van der Waals surface area contributed by atoms with Crippen LogP contribution in [-0.2, 0) is 5.41 Å². The molecule has 0 amide bonds. The maximum absolute atomic E-state index is 3.58. The third-order valence-electron chi connectivity index (χ3n) is 3.56. The first-order valence-electron chi connectivity index (χ1n) is 6.49. The summed E-state index contributed by atoms with van der Waals surface area (Å²) < 4.78 is 0. The highest BCUT2D eigenvalue weighted by Crippen LogP contribution is 2.24. The van der Waals surface area contributed by atoms with Gasteiger partial charge in [-0.05, 0) is 23.6 Å². The van der Waals surface area contributed by atoms with Crippen LogP contribution in [0.5, 0.6) is 0 Å². The van der Waals surface area contributed by atoms with Gasteiger partial charge in [0.05, 0.1) is 0 Å². The number of rotatable bonds is 1. The summed E-state index contributed by atoms with van der Waals surface area (Å²) in [6, 6.07) is 9.58. The minimum absolute atomic E-state index is 0.245. The Labute approximate surface area is 105 Å². The Balaban J connectivity index is 2.12. The van der Waals surface area contributed by atoms with Crippen LogP contribution in [0.15, 0.2) is 24.3 Å². The highest BCUT2D eigenvalue weighted by molar-refractivity contribution is 5.29. The highest BCUT2D eigenvalue weighted by Gasteiger charge is 2.19. The van der Waals surface area contributed by atoms with Crippen LogP contribution >= 0.6 is 0 Å². The lowest BCUT2D eigenvalue weighted by atomic mass is 9.86. The number of benzene rings is 1. The van der Waals surface area contributed by atoms with Crippen LogP contribution in [0, 0.1) is 0 Å². The van der Waals surface area contributed by atoms with Crippen LogP contribution in [0.25, 0.3) is 0 Å². The molecule has 1 fully saturated rings. The molecular weight excluding hydrogens is 208 g/mol. The van der Waals surface area contributed by atoms with Gasteiger partial charge in [-0.2, -0.15) is 0 Å². The van der Waals surface area contributed by atoms with Crippen LogP contribution in [0.4, 0.5) is 0 Å². The molecule has 0 aliphatic carbocycles. The van der Waals surface area contributed by atoms with E-state index >= 15 is 0 Å². The van der Waals surface area contributed by atoms with Crippen molar-refractivity contribution in [3.63, 3.8) is 0 Å². The van der Waals surface area contributed by atoms with Crippen LogP contribution in [0.3, 0.4) is 0 Å². The van der Waals surface area contributed by atoms with Gasteiger partial charge in [-0.3, -0.25) is 0 Å². The molecule has 1 heterocycles. The molecule has 2 nitrogen and oxygen atoms in total. The summed E-state index contributed by atoms with van der Waals surface area (Å²) in [5, 5.41) is 3.58. The van der Waals surface area contributed by atoms with Gasteiger partial charge in [0.2, 0.25) is 0 Å². The molecule has 1 aromatic rings. The quantitative estimate of drug-likeness (QED) is 0.800. The number of hydrogen-bond donors (Lipinski definition) is 1. The summed E-state index contributed by atoms with van der Waals surface area (Å²) in [5.74, 6) is 0. The Morgan fingerprint density at radius 2 is 1.82 bits per heavy atom. The molecular formula is C15H24N2. The molecule has 2 heteroatoms. The standard InChI is InChI=1S/C15H24N2/c1-15(2,3)13-7-5-12(6-8-13)14-11-17(4)10-9-16-14/h5-8,14,16H,9-11H2,1-4H3. The first kappa shape index (κ1) is 12.6. The second kappa shape index (κ2) is 4.79. The molecule has 0 spiro atoms. The van der Waals surface area contributed by atoms with Crippen molar-refractivity contribution >= 4 is 0 Å². The second-order valence-electron chi connectivity index (χ2n) is 6.14. The summed E-state index contributed by atoms with van der Waals surface area (Å²) in [7, 11) is 2.19. The zero-order chi connectivity index (χ0) is 12.5. The van der Waals surface area contributed by atoms with E-state index in [0.717, 1.165) is 19.6 Å². The second-order valence-corrected chi connectivity index (χ2v) is 6.14. The average molecular weight is 232 g/mol. The zero-order valence-electron chi connectivity index (χ0n) is 11.5. The number of piperazine rings is 1. The molecule has 1 aromatic carbocycles. The molecule has 1 saturated heterocycles. The molecule has 1 atom stereocenters. The van der Waals surface area contributed by atoms with Crippen molar-refractivity contribution in [1.82, 2.24) is 10.2 Å². The van der Waals surface area contributed by atoms with E-state index in [4.69, 9.17) is 0 Å². The zero-order valence-corrected chi connectivity index (χ0v) is 11.5. The molecule has 1 aliphatic heterocycles. The van der Waals surface area contributed by atoms with Gasteiger partial charge in [0.1, 0.15) is 0 Å². The Morgan fingerprint density at radius 3 is 2.35 bits per heavy atom. The van der Waals surface area contributed by atoms with Crippen molar-refractivity contribution < 1.29 is 0 Å². The fourth-order valence-electron chi connectivity index (χ4n) is 2.34. The van der Waals surface area contributed by atoms with Crippen LogP contribution in [0.2, 0.25) is 0 Å². The Hall–Kier alpha value is -0.860. The van der Waals surface area contributed by atoms with Crippen molar-refractivity contribution in [2.75, 3.05) is 26.7 Å². The third-order valence-corrected chi connectivity index (χ3v) is 3.56. The molecule has 2 rings (SSSR count). The predicted octanol–water partition coefficient (Wildman–Crippen LogP) is 2.56. The highest BCUT2D eigenvalue weighted by atomic mass is 15.2. The van der Waals surface area contributed by atoms with E-state index in [1.54, 1.807) is 0 Å². The van der Waals surface area contributed by atoms with Gasteiger partial charge in [0.15, 0.2) is 0 Å². The summed E-state index contributed by atoms with van der Waals surface area (Å²) in [6.45, 7) is 10.1. The van der Waals surface area contributed by atoms with E-state index in [-0.39, 0.29) is 5.41 Å². The molecule has 0 radical (unpaired) electrons. The monoisotopic (exact) mass is 232 g/mol. The molecule has 1 unspecified atom stereocenters. The van der Waals surface area contributed by atoms with Crippen LogP contribution < -0.4 is 5.32 Å². The minimum atomic E-state index is 0.245. The first-order chi connectivity index (χ1) is 7.97. The normalized spacial score (nSPS) is 22.7. The summed E-state index contributed by atoms with van der Waals surface area (Å²) in [6.07, 6.45) is 0. The summed E-state index contributed by atoms with van der Waals surface area (Å²) in [4.78, 5) is 2.39. The number of hydrogen-bond acceptors (Lipinski definition) is 2. The maximum Gasteiger partial charge on any atom is 0.0449 e. The van der Waals surface area contributed by atoms with Gasteiger partial charge in [-0.1, -0.05) is 45.0 Å². The molecule has 0 aromatic heterocycles. The van der Waals surface area contributed by atoms with Crippen molar-refractivity contribution in [2.24, 2.45) is 0 Å². The Morgan fingerprint density at radius 1 is 1.18 bits per heavy atom. The number of likely N-dealkylation sites (N-methyl/N-ethyl adjacent to an activating group) is 1. The summed E-state index contributed by atoms with van der Waals surface area (Å²) >= 11 is 0. The molecule has 1 N–H and O–H groups in total. The third kappa shape index (κ3) is 3.08. The maximum atomic E-state index is 3.58. The van der Waals surface area contributed by atoms with Crippen molar-refractivity contribution in [1.29, 1.82) is 0 Å². The van der Waals surface area contributed by atoms with Gasteiger partial charge < -0.3 is 10.2 Å². The van der Waals surface area contributed by atoms with E-state index in [1.165, 1.54) is 11.1 Å². The average Bonchev–Trinajstić information content (AvgIpc) is 2.28. The summed E-state index contributed by atoms with van der Waals surface area (Å²) in [5.41, 5.74) is 3.06. The van der Waals surface area contributed by atoms with E-state index in [9.17, 15) is 0 Å². The molecule has 17 heavy (non-hydrogen) atoms. The predicted molar refractivity (Wildman–Crippen MR) is 73.4 cm³/mol. The van der Waals surface area contributed by atoms with Gasteiger partial charge in [-0.15, -0.1) is 0 Å². The van der Waals surface area contributed by atoms with Crippen molar-refractivity contribution in [3.8, 4) is 0 Å². The lowest BCUT2D eigenvalue weighted by Gasteiger charge is -2.31. The Bertz CT molecular complexity index is 362. The molecule has 94 valence electrons. The number of nitrogens with one attached hydrogen (secondary N) is 1. The van der Waals surface area contributed by atoms with Crippen molar-refractivity contribution in [2.45, 2.75) is 32.2 Å². The molecule has 1 aliphatic rings. The lowest BCUT2D eigenvalue weighted by Crippen LogP contribution is -2.43. The van der Waals surface area contributed by atoms with E-state index in [0.29, 0.717) is 6.04 Å². The van der Waals surface area contributed by atoms with E-state index in [1.807, 2.05) is 0 Å². The largest absolute Gasteiger partial charge is 0.308 e. The smallest absolute Gasteiger partial charge is 0.0449 e. The minimum Gasteiger partial charge on any atom is -0.308 e. The lowest BCUT2D eigenvalue weighted by molar-refractivity contribution is 0.241. The SMILES string of the molecule is CN1CCNC(c2ccc(C(C)(C)C)cc2)C1. The van der Waals surface area contributed by atoms with Gasteiger partial charge in [0, 0.05) is 25.7 Å². The van der Waals surface area contributed by atoms with E-state index < -0.39 is 0 Å². The van der Waals surface area contributed by atoms with Crippen molar-refractivity contribution in [3.05, 3.63) is 35.4 Å². The first-order valence-corrected chi connectivity index (χ1v) is 6.49. The Kier molecular flexibility index (Phi) is 3.55. The fraction of sp³-hybridized carbons (Fsp3) is 0.600. The molecule has 0 bridgehead atoms. The van der Waals surface area contributed by atoms with Gasteiger partial charge in [0.25, 0.3) is 0 Å². The van der Waals surface area contributed by atoms with Gasteiger partial charge in [-0.25, -0.2) is 0 Å². The van der Waals surface area contributed by atoms with E-state index in [2.05, 4.69) is 62.3 Å². The fourth-order valence-corrected chi connectivity index (χ4v) is 2.34. The van der Waals surface area contributed by atoms with Crippen LogP contribution in [-0.4, -0.2) is 31.6 Å². The molecule has 0 saturated carbocycles. The van der Waals surface area contributed by atoms with Crippen LogP contribution in [0.1, 0.15) is 37.9 Å². The topological polar surface area (TPSA) is 15.3 Å². The van der Waals surface area contributed by atoms with Gasteiger partial charge >= 0.3 is 0 Å². The number of nitrogens with zero attached hydrogens (tertiary/aromatic N) is 1.